The van der Waals surface area contributed by atoms with E-state index in [1.807, 2.05) is 6.92 Å². The topological polar surface area (TPSA) is 37.8 Å². The average molecular weight is 267 g/mol. The first kappa shape index (κ1) is 14.2. The second-order valence-corrected chi connectivity index (χ2v) is 4.52. The van der Waals surface area contributed by atoms with Crippen LogP contribution in [0.3, 0.4) is 0 Å². The molecule has 0 amide bonds. The molecule has 17 heavy (non-hydrogen) atoms. The second kappa shape index (κ2) is 6.78. The number of alkyl halides is 3. The van der Waals surface area contributed by atoms with E-state index in [2.05, 4.69) is 14.7 Å². The minimum Gasteiger partial charge on any atom is -0.360 e. The molecular weight excluding hydrogens is 251 g/mol. The van der Waals surface area contributed by atoms with E-state index in [9.17, 15) is 13.2 Å². The molecule has 0 fully saturated rings. The van der Waals surface area contributed by atoms with Crippen LogP contribution in [0.4, 0.5) is 18.3 Å². The fourth-order valence-electron chi connectivity index (χ4n) is 1.30. The first-order chi connectivity index (χ1) is 8.01. The molecule has 0 aliphatic carbocycles. The van der Waals surface area contributed by atoms with Crippen molar-refractivity contribution in [2.45, 2.75) is 45.2 Å². The summed E-state index contributed by atoms with van der Waals surface area (Å²) in [6.07, 6.45) is -2.30. The zero-order valence-electron chi connectivity index (χ0n) is 9.68. The summed E-state index contributed by atoms with van der Waals surface area (Å²) >= 11 is 1.26. The summed E-state index contributed by atoms with van der Waals surface area (Å²) in [5.41, 5.74) is 0. The van der Waals surface area contributed by atoms with Crippen LogP contribution in [0.25, 0.3) is 0 Å². The Morgan fingerprint density at radius 1 is 1.29 bits per heavy atom. The lowest BCUT2D eigenvalue weighted by Gasteiger charge is -2.05. The molecule has 1 rings (SSSR count). The van der Waals surface area contributed by atoms with Gasteiger partial charge in [-0.15, -0.1) is 0 Å². The molecule has 0 aliphatic rings. The van der Waals surface area contributed by atoms with E-state index < -0.39 is 12.6 Å². The van der Waals surface area contributed by atoms with Crippen molar-refractivity contribution in [1.82, 2.24) is 9.36 Å². The number of unbranched alkanes of at least 4 members (excludes halogenated alkanes) is 1. The number of aromatic nitrogens is 2. The Kier molecular flexibility index (Phi) is 5.67. The number of nitrogens with zero attached hydrogens (tertiary/aromatic N) is 2. The molecule has 98 valence electrons. The van der Waals surface area contributed by atoms with Gasteiger partial charge in [0.1, 0.15) is 5.82 Å². The van der Waals surface area contributed by atoms with E-state index in [-0.39, 0.29) is 6.42 Å². The van der Waals surface area contributed by atoms with E-state index in [0.717, 1.165) is 18.7 Å². The van der Waals surface area contributed by atoms with E-state index in [4.69, 9.17) is 0 Å². The predicted molar refractivity (Wildman–Crippen MR) is 62.3 cm³/mol. The number of halogens is 3. The highest BCUT2D eigenvalue weighted by Gasteiger charge is 2.25. The zero-order valence-corrected chi connectivity index (χ0v) is 10.5. The van der Waals surface area contributed by atoms with Gasteiger partial charge >= 0.3 is 6.18 Å². The monoisotopic (exact) mass is 267 g/mol. The molecule has 0 aromatic carbocycles. The zero-order chi connectivity index (χ0) is 12.7. The fourth-order valence-corrected chi connectivity index (χ4v) is 1.93. The van der Waals surface area contributed by atoms with Crippen molar-refractivity contribution < 1.29 is 13.2 Å². The van der Waals surface area contributed by atoms with E-state index in [1.165, 1.54) is 11.5 Å². The van der Waals surface area contributed by atoms with Gasteiger partial charge in [0.2, 0.25) is 5.13 Å². The predicted octanol–water partition coefficient (Wildman–Crippen LogP) is 3.64. The SMILES string of the molecule is CCCc1nsc(NCCCCC(F)(F)F)n1. The van der Waals surface area contributed by atoms with Crippen LogP contribution in [0.1, 0.15) is 38.4 Å². The summed E-state index contributed by atoms with van der Waals surface area (Å²) in [7, 11) is 0. The van der Waals surface area contributed by atoms with Crippen molar-refractivity contribution in [2.75, 3.05) is 11.9 Å². The molecule has 0 saturated heterocycles. The molecule has 7 heteroatoms. The molecule has 1 heterocycles. The number of hydrogen-bond acceptors (Lipinski definition) is 4. The Morgan fingerprint density at radius 3 is 2.71 bits per heavy atom. The molecule has 0 bridgehead atoms. The summed E-state index contributed by atoms with van der Waals surface area (Å²) in [6.45, 7) is 2.56. The number of aryl methyl sites for hydroxylation is 1. The van der Waals surface area contributed by atoms with Gasteiger partial charge in [0.15, 0.2) is 0 Å². The minimum absolute atomic E-state index is 0.150. The number of hydrogen-bond donors (Lipinski definition) is 1. The van der Waals surface area contributed by atoms with Gasteiger partial charge in [-0.3, -0.25) is 0 Å². The van der Waals surface area contributed by atoms with Crippen molar-refractivity contribution in [1.29, 1.82) is 0 Å². The molecule has 0 saturated carbocycles. The molecule has 3 nitrogen and oxygen atoms in total. The molecule has 0 aliphatic heterocycles. The van der Waals surface area contributed by atoms with E-state index in [1.54, 1.807) is 0 Å². The maximum atomic E-state index is 11.9. The Balaban J connectivity index is 2.13. The lowest BCUT2D eigenvalue weighted by atomic mass is 10.2. The molecule has 0 radical (unpaired) electrons. The van der Waals surface area contributed by atoms with Crippen LogP contribution in [0.2, 0.25) is 0 Å². The number of rotatable bonds is 7. The molecule has 0 unspecified atom stereocenters. The van der Waals surface area contributed by atoms with Crippen LogP contribution < -0.4 is 5.32 Å². The van der Waals surface area contributed by atoms with Gasteiger partial charge in [0.05, 0.1) is 0 Å². The molecule has 1 N–H and O–H groups in total. The van der Waals surface area contributed by atoms with E-state index in [0.29, 0.717) is 18.1 Å². The maximum Gasteiger partial charge on any atom is 0.389 e. The van der Waals surface area contributed by atoms with Gasteiger partial charge in [0, 0.05) is 30.9 Å². The van der Waals surface area contributed by atoms with Gasteiger partial charge in [-0.2, -0.15) is 17.5 Å². The van der Waals surface area contributed by atoms with Crippen LogP contribution in [-0.4, -0.2) is 22.1 Å². The molecule has 1 aromatic heterocycles. The normalized spacial score (nSPS) is 11.8. The van der Waals surface area contributed by atoms with Crippen molar-refractivity contribution in [3.63, 3.8) is 0 Å². The van der Waals surface area contributed by atoms with Gasteiger partial charge in [-0.1, -0.05) is 6.92 Å². The largest absolute Gasteiger partial charge is 0.389 e. The van der Waals surface area contributed by atoms with Crippen LogP contribution in [0, 0.1) is 0 Å². The standard InChI is InChI=1S/C10H16F3N3S/c1-2-5-8-15-9(17-16-8)14-7-4-3-6-10(11,12)13/h2-7H2,1H3,(H,14,15,16). The smallest absolute Gasteiger partial charge is 0.360 e. The minimum atomic E-state index is -4.04. The van der Waals surface area contributed by atoms with Gasteiger partial charge in [-0.05, 0) is 19.3 Å². The third-order valence-corrected chi connectivity index (χ3v) is 2.82. The highest BCUT2D eigenvalue weighted by molar-refractivity contribution is 7.09. The van der Waals surface area contributed by atoms with Gasteiger partial charge in [0.25, 0.3) is 0 Å². The third kappa shape index (κ3) is 6.45. The Labute approximate surface area is 103 Å². The summed E-state index contributed by atoms with van der Waals surface area (Å²) in [5.74, 6) is 0.801. The Morgan fingerprint density at radius 2 is 2.06 bits per heavy atom. The summed E-state index contributed by atoms with van der Waals surface area (Å²) < 4.78 is 39.7. The first-order valence-corrected chi connectivity index (χ1v) is 6.42. The highest BCUT2D eigenvalue weighted by Crippen LogP contribution is 2.22. The highest BCUT2D eigenvalue weighted by atomic mass is 32.1. The molecule has 0 spiro atoms. The van der Waals surface area contributed by atoms with Crippen LogP contribution in [0.5, 0.6) is 0 Å². The molecule has 1 aromatic rings. The fraction of sp³-hybridized carbons (Fsp3) is 0.800. The number of nitrogens with one attached hydrogen (secondary N) is 1. The molecular formula is C10H16F3N3S. The van der Waals surface area contributed by atoms with Crippen LogP contribution in [0.15, 0.2) is 0 Å². The average Bonchev–Trinajstić information content (AvgIpc) is 2.64. The quantitative estimate of drug-likeness (QED) is 0.766. The summed E-state index contributed by atoms with van der Waals surface area (Å²) in [5, 5.41) is 3.68. The summed E-state index contributed by atoms with van der Waals surface area (Å²) in [4.78, 5) is 4.22. The van der Waals surface area contributed by atoms with Crippen LogP contribution in [-0.2, 0) is 6.42 Å². The van der Waals surface area contributed by atoms with Crippen molar-refractivity contribution >= 4 is 16.7 Å². The van der Waals surface area contributed by atoms with Crippen molar-refractivity contribution in [2.24, 2.45) is 0 Å². The van der Waals surface area contributed by atoms with Crippen molar-refractivity contribution in [3.05, 3.63) is 5.82 Å². The van der Waals surface area contributed by atoms with Gasteiger partial charge < -0.3 is 5.32 Å². The lowest BCUT2D eigenvalue weighted by Crippen LogP contribution is -2.08. The van der Waals surface area contributed by atoms with E-state index >= 15 is 0 Å². The second-order valence-electron chi connectivity index (χ2n) is 3.76. The van der Waals surface area contributed by atoms with Crippen LogP contribution >= 0.6 is 11.5 Å². The van der Waals surface area contributed by atoms with Crippen molar-refractivity contribution in [3.8, 4) is 0 Å². The maximum absolute atomic E-state index is 11.9. The summed E-state index contributed by atoms with van der Waals surface area (Å²) in [6, 6.07) is 0. The number of anilines is 1. The first-order valence-electron chi connectivity index (χ1n) is 5.64. The Hall–Kier alpha value is -0.850. The Bertz CT molecular complexity index is 325. The molecule has 0 atom stereocenters. The van der Waals surface area contributed by atoms with Gasteiger partial charge in [-0.25, -0.2) is 4.98 Å². The third-order valence-electron chi connectivity index (χ3n) is 2.10. The lowest BCUT2D eigenvalue weighted by molar-refractivity contribution is -0.135.